The molecular weight excluding hydrogens is 464 g/mol. The van der Waals surface area contributed by atoms with Crippen LogP contribution in [0.25, 0.3) is 10.2 Å². The van der Waals surface area contributed by atoms with E-state index in [0.29, 0.717) is 20.9 Å². The molecule has 1 amide bonds. The zero-order valence-corrected chi connectivity index (χ0v) is 18.2. The summed E-state index contributed by atoms with van der Waals surface area (Å²) in [5.74, 6) is -1.42. The Morgan fingerprint density at radius 2 is 2.00 bits per heavy atom. The number of nitrogens with one attached hydrogen (secondary N) is 1. The molecule has 2 aromatic heterocycles. The molecule has 0 aliphatic carbocycles. The molecule has 0 fully saturated rings. The molecule has 2 aromatic carbocycles. The second-order valence-corrected chi connectivity index (χ2v) is 8.74. The molecule has 5 nitrogen and oxygen atoms in total. The molecule has 1 N–H and O–H groups in total. The van der Waals surface area contributed by atoms with Crippen LogP contribution < -0.4 is 10.9 Å². The molecule has 4 rings (SSSR count). The minimum atomic E-state index is -0.511. The smallest absolute Gasteiger partial charge is 0.272 e. The summed E-state index contributed by atoms with van der Waals surface area (Å²) < 4.78 is 29.2. The van der Waals surface area contributed by atoms with Gasteiger partial charge in [-0.3, -0.25) is 14.2 Å². The van der Waals surface area contributed by atoms with Gasteiger partial charge in [-0.1, -0.05) is 41.6 Å². The highest BCUT2D eigenvalue weighted by Gasteiger charge is 2.16. The number of carbonyl (C=O) groups is 1. The van der Waals surface area contributed by atoms with Crippen molar-refractivity contribution in [3.8, 4) is 0 Å². The fraction of sp³-hybridized carbons (Fsp3) is 0.0952. The zero-order valence-electron chi connectivity index (χ0n) is 15.8. The number of thiophene rings is 1. The fourth-order valence-corrected chi connectivity index (χ4v) is 4.67. The summed E-state index contributed by atoms with van der Waals surface area (Å²) in [6, 6.07) is 11.6. The molecule has 4 aromatic rings. The Morgan fingerprint density at radius 3 is 2.77 bits per heavy atom. The third-order valence-electron chi connectivity index (χ3n) is 4.35. The number of hydrogen-bond acceptors (Lipinski definition) is 5. The first kappa shape index (κ1) is 21.5. The molecule has 0 spiro atoms. The highest BCUT2D eigenvalue weighted by Crippen LogP contribution is 2.25. The van der Waals surface area contributed by atoms with E-state index in [0.717, 1.165) is 17.8 Å². The highest BCUT2D eigenvalue weighted by molar-refractivity contribution is 7.99. The maximum absolute atomic E-state index is 14.2. The van der Waals surface area contributed by atoms with E-state index in [-0.39, 0.29) is 28.6 Å². The number of halogens is 3. The zero-order chi connectivity index (χ0) is 22.0. The maximum Gasteiger partial charge on any atom is 0.272 e. The average Bonchev–Trinajstić information content (AvgIpc) is 3.21. The molecule has 0 atom stereocenters. The summed E-state index contributed by atoms with van der Waals surface area (Å²) in [7, 11) is 0. The third kappa shape index (κ3) is 4.79. The van der Waals surface area contributed by atoms with Gasteiger partial charge in [0.2, 0.25) is 5.91 Å². The number of hydrogen-bond donors (Lipinski definition) is 1. The van der Waals surface area contributed by atoms with Gasteiger partial charge in [-0.15, -0.1) is 11.3 Å². The second kappa shape index (κ2) is 9.17. The number of anilines is 1. The van der Waals surface area contributed by atoms with Crippen molar-refractivity contribution in [1.82, 2.24) is 9.55 Å². The number of rotatable bonds is 6. The quantitative estimate of drug-likeness (QED) is 0.307. The van der Waals surface area contributed by atoms with Crippen molar-refractivity contribution in [2.24, 2.45) is 0 Å². The number of benzene rings is 2. The van der Waals surface area contributed by atoms with Gasteiger partial charge in [-0.05, 0) is 35.7 Å². The van der Waals surface area contributed by atoms with Crippen molar-refractivity contribution < 1.29 is 13.6 Å². The first-order valence-electron chi connectivity index (χ1n) is 9.01. The molecule has 10 heteroatoms. The van der Waals surface area contributed by atoms with Crippen LogP contribution in [0.3, 0.4) is 0 Å². The van der Waals surface area contributed by atoms with Crippen LogP contribution in [0, 0.1) is 11.6 Å². The van der Waals surface area contributed by atoms with Crippen molar-refractivity contribution in [3.05, 3.63) is 86.5 Å². The Morgan fingerprint density at radius 1 is 1.19 bits per heavy atom. The molecule has 2 heterocycles. The van der Waals surface area contributed by atoms with Gasteiger partial charge in [-0.25, -0.2) is 13.8 Å². The summed E-state index contributed by atoms with van der Waals surface area (Å²) >= 11 is 8.24. The molecule has 0 saturated heterocycles. The molecule has 0 bridgehead atoms. The van der Waals surface area contributed by atoms with Gasteiger partial charge >= 0.3 is 0 Å². The van der Waals surface area contributed by atoms with Crippen molar-refractivity contribution in [2.45, 2.75) is 11.7 Å². The largest absolute Gasteiger partial charge is 0.324 e. The SMILES string of the molecule is O=C(CSc1nc2ccsc2c(=O)n1Cc1ccccc1F)Nc1ccc(F)cc1Cl. The van der Waals surface area contributed by atoms with Gasteiger partial charge in [0.1, 0.15) is 16.3 Å². The molecule has 0 aliphatic heterocycles. The monoisotopic (exact) mass is 477 g/mol. The number of fused-ring (bicyclic) bond motifs is 1. The fourth-order valence-electron chi connectivity index (χ4n) is 2.88. The van der Waals surface area contributed by atoms with E-state index in [1.54, 1.807) is 29.6 Å². The van der Waals surface area contributed by atoms with Crippen LogP contribution in [0.15, 0.2) is 63.9 Å². The Balaban J connectivity index is 1.59. The summed E-state index contributed by atoms with van der Waals surface area (Å²) in [5, 5.41) is 4.72. The van der Waals surface area contributed by atoms with E-state index in [2.05, 4.69) is 10.3 Å². The van der Waals surface area contributed by atoms with Gasteiger partial charge < -0.3 is 5.32 Å². The number of nitrogens with zero attached hydrogens (tertiary/aromatic N) is 2. The van der Waals surface area contributed by atoms with Crippen LogP contribution in [-0.2, 0) is 11.3 Å². The van der Waals surface area contributed by atoms with Crippen LogP contribution in [0.5, 0.6) is 0 Å². The molecule has 0 aliphatic rings. The van der Waals surface area contributed by atoms with Crippen molar-refractivity contribution >= 4 is 56.5 Å². The van der Waals surface area contributed by atoms with E-state index >= 15 is 0 Å². The Hall–Kier alpha value is -2.75. The van der Waals surface area contributed by atoms with E-state index < -0.39 is 17.5 Å². The summed E-state index contributed by atoms with van der Waals surface area (Å²) in [5.41, 5.74) is 0.836. The first-order valence-corrected chi connectivity index (χ1v) is 11.3. The van der Waals surface area contributed by atoms with Crippen LogP contribution in [0.4, 0.5) is 14.5 Å². The van der Waals surface area contributed by atoms with Crippen LogP contribution in [0.2, 0.25) is 5.02 Å². The molecule has 31 heavy (non-hydrogen) atoms. The summed E-state index contributed by atoms with van der Waals surface area (Å²) in [6.07, 6.45) is 0. The number of amides is 1. The molecule has 0 unspecified atom stereocenters. The van der Waals surface area contributed by atoms with E-state index in [1.807, 2.05) is 0 Å². The average molecular weight is 478 g/mol. The third-order valence-corrected chi connectivity index (χ3v) is 6.54. The van der Waals surface area contributed by atoms with Gasteiger partial charge in [0.15, 0.2) is 5.16 Å². The molecular formula is C21H14ClF2N3O2S2. The van der Waals surface area contributed by atoms with E-state index in [1.165, 1.54) is 34.1 Å². The lowest BCUT2D eigenvalue weighted by atomic mass is 10.2. The molecule has 158 valence electrons. The van der Waals surface area contributed by atoms with E-state index in [9.17, 15) is 18.4 Å². The lowest BCUT2D eigenvalue weighted by Crippen LogP contribution is -2.24. The number of carbonyl (C=O) groups excluding carboxylic acids is 1. The minimum Gasteiger partial charge on any atom is -0.324 e. The minimum absolute atomic E-state index is 0.0138. The maximum atomic E-state index is 14.2. The predicted molar refractivity (Wildman–Crippen MR) is 120 cm³/mol. The van der Waals surface area contributed by atoms with Crippen LogP contribution in [0.1, 0.15) is 5.56 Å². The first-order chi connectivity index (χ1) is 14.9. The topological polar surface area (TPSA) is 64.0 Å². The lowest BCUT2D eigenvalue weighted by molar-refractivity contribution is -0.113. The lowest BCUT2D eigenvalue weighted by Gasteiger charge is -2.13. The standard InChI is InChI=1S/C21H14ClF2N3O2S2/c22-14-9-13(23)5-6-16(14)25-18(28)11-31-21-26-17-7-8-30-19(17)20(29)27(21)10-12-3-1-2-4-15(12)24/h1-9H,10-11H2,(H,25,28). The Labute approximate surface area is 188 Å². The second-order valence-electron chi connectivity index (χ2n) is 6.47. The van der Waals surface area contributed by atoms with Gasteiger partial charge in [-0.2, -0.15) is 0 Å². The molecule has 0 radical (unpaired) electrons. The van der Waals surface area contributed by atoms with Gasteiger partial charge in [0, 0.05) is 5.56 Å². The summed E-state index contributed by atoms with van der Waals surface area (Å²) in [4.78, 5) is 29.9. The van der Waals surface area contributed by atoms with Crippen molar-refractivity contribution in [3.63, 3.8) is 0 Å². The normalized spacial score (nSPS) is 11.1. The van der Waals surface area contributed by atoms with Gasteiger partial charge in [0.05, 0.1) is 28.5 Å². The predicted octanol–water partition coefficient (Wildman–Crippen LogP) is 5.17. The van der Waals surface area contributed by atoms with E-state index in [4.69, 9.17) is 11.6 Å². The Bertz CT molecular complexity index is 1340. The van der Waals surface area contributed by atoms with Crippen molar-refractivity contribution in [1.29, 1.82) is 0 Å². The Kier molecular flexibility index (Phi) is 6.35. The van der Waals surface area contributed by atoms with Crippen molar-refractivity contribution in [2.75, 3.05) is 11.1 Å². The summed E-state index contributed by atoms with van der Waals surface area (Å²) in [6.45, 7) is -0.0138. The van der Waals surface area contributed by atoms with Crippen LogP contribution >= 0.6 is 34.7 Å². The molecule has 0 saturated carbocycles. The highest BCUT2D eigenvalue weighted by atomic mass is 35.5. The van der Waals surface area contributed by atoms with Gasteiger partial charge in [0.25, 0.3) is 5.56 Å². The van der Waals surface area contributed by atoms with Crippen LogP contribution in [-0.4, -0.2) is 21.2 Å². The number of thioether (sulfide) groups is 1. The number of aromatic nitrogens is 2.